The number of nitrogens with zero attached hydrogens (tertiary/aromatic N) is 4. The highest BCUT2D eigenvalue weighted by molar-refractivity contribution is 7.53. The van der Waals surface area contributed by atoms with E-state index in [1.807, 2.05) is 0 Å². The number of anilines is 2. The molecule has 0 fully saturated rings. The zero-order valence-corrected chi connectivity index (χ0v) is 22.5. The lowest BCUT2D eigenvalue weighted by Crippen LogP contribution is -2.25. The van der Waals surface area contributed by atoms with Gasteiger partial charge >= 0.3 is 19.5 Å². The number of fused-ring (bicyclic) bond motifs is 1. The molecular formula is C21H35N6O8P. The number of imidazole rings is 1. The molecule has 0 amide bonds. The molecule has 0 unspecified atom stereocenters. The average molecular weight is 531 g/mol. The first-order chi connectivity index (χ1) is 16.5. The van der Waals surface area contributed by atoms with Gasteiger partial charge in [0, 0.05) is 0 Å². The van der Waals surface area contributed by atoms with Gasteiger partial charge in [-0.2, -0.15) is 9.97 Å². The summed E-state index contributed by atoms with van der Waals surface area (Å²) in [5.74, 6) is -0.980. The topological polar surface area (TPSA) is 193 Å². The first-order valence-electron chi connectivity index (χ1n) is 11.1. The zero-order valence-electron chi connectivity index (χ0n) is 21.6. The second-order valence-corrected chi connectivity index (χ2v) is 12.1. The van der Waals surface area contributed by atoms with Gasteiger partial charge < -0.3 is 30.2 Å². The van der Waals surface area contributed by atoms with Gasteiger partial charge in [-0.15, -0.1) is 0 Å². The standard InChI is InChI=1S/C21H35N6O8P/c1-13(8-27-9-24-14-15(22)25-19(23)26-16(14)27)33-12-36(30,34-10-31-17(28)20(2,3)4)35-11-32-18(29)21(5,6)7/h9,13H,8,10-12H2,1-7H3,(H4,22,23,25,26)/t13-/m0/s1. The van der Waals surface area contributed by atoms with E-state index in [2.05, 4.69) is 15.0 Å². The van der Waals surface area contributed by atoms with Crippen molar-refractivity contribution in [3.05, 3.63) is 6.33 Å². The van der Waals surface area contributed by atoms with Crippen molar-refractivity contribution in [2.45, 2.75) is 61.1 Å². The Hall–Kier alpha value is -2.80. The molecular weight excluding hydrogens is 495 g/mol. The van der Waals surface area contributed by atoms with Crippen LogP contribution in [0.3, 0.4) is 0 Å². The molecule has 202 valence electrons. The average Bonchev–Trinajstić information content (AvgIpc) is 3.13. The summed E-state index contributed by atoms with van der Waals surface area (Å²) in [7, 11) is -4.01. The highest BCUT2D eigenvalue weighted by Crippen LogP contribution is 2.48. The number of carbonyl (C=O) groups excluding carboxylic acids is 2. The van der Waals surface area contributed by atoms with E-state index in [0.717, 1.165) is 0 Å². The predicted octanol–water partition coefficient (Wildman–Crippen LogP) is 2.67. The summed E-state index contributed by atoms with van der Waals surface area (Å²) in [5.41, 5.74) is 10.7. The SMILES string of the molecule is C[C@@H](Cn1cnc2c(N)nc(N)nc21)OCP(=O)(OCOC(=O)C(C)(C)C)OCOC(=O)C(C)(C)C. The number of nitrogens with two attached hydrogens (primary N) is 2. The molecule has 14 nitrogen and oxygen atoms in total. The third-order valence-electron chi connectivity index (χ3n) is 4.58. The van der Waals surface area contributed by atoms with E-state index < -0.39 is 56.4 Å². The number of rotatable bonds is 11. The number of nitrogen functional groups attached to an aromatic ring is 2. The fourth-order valence-electron chi connectivity index (χ4n) is 2.53. The number of hydrogen-bond donors (Lipinski definition) is 2. The molecule has 1 atom stereocenters. The van der Waals surface area contributed by atoms with Gasteiger partial charge in [0.15, 0.2) is 11.5 Å². The largest absolute Gasteiger partial charge is 0.438 e. The Labute approximate surface area is 209 Å². The molecule has 0 aliphatic carbocycles. The molecule has 15 heteroatoms. The number of aromatic nitrogens is 4. The van der Waals surface area contributed by atoms with Crippen molar-refractivity contribution < 1.29 is 37.4 Å². The molecule has 0 saturated heterocycles. The van der Waals surface area contributed by atoms with Crippen LogP contribution in [0.5, 0.6) is 0 Å². The van der Waals surface area contributed by atoms with Gasteiger partial charge in [0.2, 0.25) is 19.5 Å². The molecule has 2 rings (SSSR count). The minimum Gasteiger partial charge on any atom is -0.438 e. The Kier molecular flexibility index (Phi) is 9.40. The van der Waals surface area contributed by atoms with Gasteiger partial charge in [-0.3, -0.25) is 23.2 Å². The van der Waals surface area contributed by atoms with Crippen LogP contribution >= 0.6 is 7.60 Å². The van der Waals surface area contributed by atoms with Gasteiger partial charge in [0.05, 0.1) is 29.8 Å². The van der Waals surface area contributed by atoms with Crippen molar-refractivity contribution in [2.24, 2.45) is 10.8 Å². The maximum Gasteiger partial charge on any atom is 0.361 e. The predicted molar refractivity (Wildman–Crippen MR) is 130 cm³/mol. The van der Waals surface area contributed by atoms with Gasteiger partial charge in [-0.05, 0) is 48.5 Å². The highest BCUT2D eigenvalue weighted by Gasteiger charge is 2.31. The Morgan fingerprint density at radius 3 is 2.03 bits per heavy atom. The van der Waals surface area contributed by atoms with Crippen molar-refractivity contribution in [1.82, 2.24) is 19.5 Å². The maximum absolute atomic E-state index is 13.3. The van der Waals surface area contributed by atoms with E-state index in [1.54, 1.807) is 53.0 Å². The normalized spacial score (nSPS) is 13.5. The first-order valence-corrected chi connectivity index (χ1v) is 12.8. The van der Waals surface area contributed by atoms with E-state index >= 15 is 0 Å². The second kappa shape index (κ2) is 11.5. The molecule has 2 aromatic rings. The summed E-state index contributed by atoms with van der Waals surface area (Å²) in [6, 6.07) is 0. The molecule has 2 aromatic heterocycles. The van der Waals surface area contributed by atoms with Gasteiger partial charge in [-0.25, -0.2) is 4.98 Å². The molecule has 0 aromatic carbocycles. The van der Waals surface area contributed by atoms with Crippen LogP contribution in [0, 0.1) is 10.8 Å². The molecule has 0 aliphatic rings. The molecule has 0 saturated carbocycles. The lowest BCUT2D eigenvalue weighted by Gasteiger charge is -2.23. The van der Waals surface area contributed by atoms with E-state index in [4.69, 9.17) is 34.7 Å². The third kappa shape index (κ3) is 8.40. The molecule has 0 spiro atoms. The lowest BCUT2D eigenvalue weighted by molar-refractivity contribution is -0.162. The molecule has 36 heavy (non-hydrogen) atoms. The Balaban J connectivity index is 2.04. The fourth-order valence-corrected chi connectivity index (χ4v) is 3.62. The van der Waals surface area contributed by atoms with Crippen LogP contribution in [0.1, 0.15) is 48.5 Å². The number of esters is 2. The summed E-state index contributed by atoms with van der Waals surface area (Å²) < 4.78 is 41.1. The van der Waals surface area contributed by atoms with Crippen molar-refractivity contribution >= 4 is 42.5 Å². The van der Waals surface area contributed by atoms with Gasteiger partial charge in [0.25, 0.3) is 0 Å². The van der Waals surface area contributed by atoms with Crippen LogP contribution in [-0.2, 0) is 44.0 Å². The molecule has 0 bridgehead atoms. The van der Waals surface area contributed by atoms with Crippen molar-refractivity contribution in [3.63, 3.8) is 0 Å². The van der Waals surface area contributed by atoms with Gasteiger partial charge in [-0.1, -0.05) is 0 Å². The van der Waals surface area contributed by atoms with E-state index in [0.29, 0.717) is 11.2 Å². The number of ether oxygens (including phenoxy) is 3. The minimum atomic E-state index is -4.01. The van der Waals surface area contributed by atoms with Crippen molar-refractivity contribution in [1.29, 1.82) is 0 Å². The van der Waals surface area contributed by atoms with E-state index in [9.17, 15) is 14.2 Å². The zero-order chi connectivity index (χ0) is 27.3. The van der Waals surface area contributed by atoms with Crippen molar-refractivity contribution in [3.8, 4) is 0 Å². The summed E-state index contributed by atoms with van der Waals surface area (Å²) in [5, 5.41) is 0. The Morgan fingerprint density at radius 2 is 1.53 bits per heavy atom. The van der Waals surface area contributed by atoms with Crippen LogP contribution in [-0.4, -0.2) is 57.5 Å². The monoisotopic (exact) mass is 530 g/mol. The van der Waals surface area contributed by atoms with Crippen LogP contribution in [0.4, 0.5) is 11.8 Å². The van der Waals surface area contributed by atoms with Crippen LogP contribution in [0.2, 0.25) is 0 Å². The summed E-state index contributed by atoms with van der Waals surface area (Å²) in [4.78, 5) is 36.2. The van der Waals surface area contributed by atoms with Gasteiger partial charge in [0.1, 0.15) is 11.9 Å². The van der Waals surface area contributed by atoms with Crippen molar-refractivity contribution in [2.75, 3.05) is 31.4 Å². The molecule has 0 aliphatic heterocycles. The number of carbonyl (C=O) groups is 2. The third-order valence-corrected chi connectivity index (χ3v) is 6.05. The second-order valence-electron chi connectivity index (χ2n) is 10.1. The van der Waals surface area contributed by atoms with E-state index in [-0.39, 0.29) is 18.3 Å². The summed E-state index contributed by atoms with van der Waals surface area (Å²) in [6.45, 7) is 10.6. The molecule has 0 radical (unpaired) electrons. The minimum absolute atomic E-state index is 0.00349. The fraction of sp³-hybridized carbons (Fsp3) is 0.667. The highest BCUT2D eigenvalue weighted by atomic mass is 31.2. The van der Waals surface area contributed by atoms with Crippen LogP contribution < -0.4 is 11.5 Å². The molecule has 2 heterocycles. The smallest absolute Gasteiger partial charge is 0.361 e. The number of hydrogen-bond acceptors (Lipinski definition) is 13. The van der Waals surface area contributed by atoms with E-state index in [1.165, 1.54) is 6.33 Å². The first kappa shape index (κ1) is 29.4. The maximum atomic E-state index is 13.3. The lowest BCUT2D eigenvalue weighted by atomic mass is 9.98. The quantitative estimate of drug-likeness (QED) is 0.245. The summed E-state index contributed by atoms with van der Waals surface area (Å²) >= 11 is 0. The molecule has 4 N–H and O–H groups in total. The van der Waals surface area contributed by atoms with Crippen LogP contribution in [0.15, 0.2) is 6.33 Å². The summed E-state index contributed by atoms with van der Waals surface area (Å²) in [6.07, 6.45) is 0.453. The van der Waals surface area contributed by atoms with Crippen LogP contribution in [0.25, 0.3) is 11.2 Å². The Bertz CT molecular complexity index is 1090. The Morgan fingerprint density at radius 1 is 1.00 bits per heavy atom.